The first-order valence-corrected chi connectivity index (χ1v) is 16.1. The standard InChI is InChI=1S/C11H21NO.C8H12O.C7H11FO.C7H14O.C7H12O/c1-11(2,3)10(13)8-6-7-9-12(4)5;1-5-6-7(9)8(2,3)4;1-5(8)6(9)7(2,3)4;2*1-5-6(8)7(2,3)4/h6,8H,7,9H2,1-5H3;1-4H3;1H2,2-4H3;5H2,1-4H3;5H,1H2,2-4H3/b8-6+;;;;. The number of carbonyl (C=O) groups excluding carboxylic acids is 5. The van der Waals surface area contributed by atoms with Crippen molar-refractivity contribution in [3.05, 3.63) is 37.2 Å². The zero-order valence-corrected chi connectivity index (χ0v) is 33.6. The van der Waals surface area contributed by atoms with E-state index in [4.69, 9.17) is 0 Å². The highest BCUT2D eigenvalue weighted by atomic mass is 19.1. The Kier molecular flexibility index (Phi) is 27.6. The molecule has 0 radical (unpaired) electrons. The van der Waals surface area contributed by atoms with Gasteiger partial charge in [-0.2, -0.15) is 0 Å². The molecule has 0 aromatic heterocycles. The fraction of sp³-hybridized carbons (Fsp3) is 0.675. The summed E-state index contributed by atoms with van der Waals surface area (Å²) in [7, 11) is 4.05. The van der Waals surface area contributed by atoms with Crippen molar-refractivity contribution in [2.45, 2.75) is 131 Å². The van der Waals surface area contributed by atoms with E-state index in [1.165, 1.54) is 6.08 Å². The minimum absolute atomic E-state index is 0.00463. The van der Waals surface area contributed by atoms with Crippen molar-refractivity contribution in [2.75, 3.05) is 20.6 Å². The number of allylic oxidation sites excluding steroid dienone is 3. The predicted molar refractivity (Wildman–Crippen MR) is 199 cm³/mol. The molecule has 0 amide bonds. The maximum absolute atomic E-state index is 12.0. The van der Waals surface area contributed by atoms with Crippen LogP contribution in [0, 0.1) is 38.9 Å². The van der Waals surface area contributed by atoms with Crippen molar-refractivity contribution < 1.29 is 28.4 Å². The highest BCUT2D eigenvalue weighted by Gasteiger charge is 2.23. The van der Waals surface area contributed by atoms with E-state index < -0.39 is 17.0 Å². The Bertz CT molecular complexity index is 1100. The molecule has 272 valence electrons. The molecule has 0 unspecified atom stereocenters. The van der Waals surface area contributed by atoms with E-state index in [1.807, 2.05) is 110 Å². The highest BCUT2D eigenvalue weighted by Crippen LogP contribution is 2.19. The van der Waals surface area contributed by atoms with Crippen LogP contribution in [0.5, 0.6) is 0 Å². The maximum atomic E-state index is 12.0. The molecule has 6 nitrogen and oxygen atoms in total. The summed E-state index contributed by atoms with van der Waals surface area (Å²) in [5, 5.41) is 0. The van der Waals surface area contributed by atoms with Crippen LogP contribution >= 0.6 is 0 Å². The number of Topliss-reactive ketones (excluding diaryl/α,β-unsaturated/α-hetero) is 3. The van der Waals surface area contributed by atoms with Crippen molar-refractivity contribution >= 4 is 28.9 Å². The predicted octanol–water partition coefficient (Wildman–Crippen LogP) is 9.62. The lowest BCUT2D eigenvalue weighted by Crippen LogP contribution is -2.19. The van der Waals surface area contributed by atoms with Gasteiger partial charge in [0.15, 0.2) is 23.2 Å². The molecule has 7 heteroatoms. The number of rotatable bonds is 7. The van der Waals surface area contributed by atoms with Gasteiger partial charge in [-0.15, -0.1) is 0 Å². The Morgan fingerprint density at radius 3 is 1.23 bits per heavy atom. The van der Waals surface area contributed by atoms with Gasteiger partial charge in [0, 0.05) is 40.0 Å². The van der Waals surface area contributed by atoms with Crippen molar-refractivity contribution in [1.82, 2.24) is 4.90 Å². The zero-order chi connectivity index (χ0) is 39.2. The number of nitrogens with zero attached hydrogens (tertiary/aromatic N) is 1. The molecular weight excluding hydrogens is 593 g/mol. The summed E-state index contributed by atoms with van der Waals surface area (Å²) < 4.78 is 12.0. The summed E-state index contributed by atoms with van der Waals surface area (Å²) >= 11 is 0. The molecule has 0 saturated heterocycles. The second-order valence-corrected chi connectivity index (χ2v) is 16.4. The topological polar surface area (TPSA) is 88.6 Å². The van der Waals surface area contributed by atoms with E-state index in [2.05, 4.69) is 29.9 Å². The molecule has 0 saturated carbocycles. The molecule has 47 heavy (non-hydrogen) atoms. The molecule has 0 rings (SSSR count). The van der Waals surface area contributed by atoms with Crippen LogP contribution in [0.3, 0.4) is 0 Å². The third kappa shape index (κ3) is 35.7. The van der Waals surface area contributed by atoms with Crippen LogP contribution in [-0.4, -0.2) is 54.5 Å². The Labute approximate surface area is 289 Å². The van der Waals surface area contributed by atoms with Gasteiger partial charge in [0.05, 0.1) is 0 Å². The van der Waals surface area contributed by atoms with Crippen LogP contribution in [0.1, 0.15) is 131 Å². The van der Waals surface area contributed by atoms with E-state index in [0.29, 0.717) is 12.2 Å². The van der Waals surface area contributed by atoms with Gasteiger partial charge >= 0.3 is 0 Å². The Balaban J connectivity index is -0.000000159. The largest absolute Gasteiger partial charge is 0.309 e. The van der Waals surface area contributed by atoms with Crippen LogP contribution in [0.4, 0.5) is 4.39 Å². The van der Waals surface area contributed by atoms with E-state index in [-0.39, 0.29) is 39.0 Å². The van der Waals surface area contributed by atoms with Gasteiger partial charge < -0.3 is 4.90 Å². The van der Waals surface area contributed by atoms with Gasteiger partial charge in [0.25, 0.3) is 0 Å². The quantitative estimate of drug-likeness (QED) is 0.153. The van der Waals surface area contributed by atoms with Gasteiger partial charge in [-0.3, -0.25) is 24.0 Å². The molecule has 0 bridgehead atoms. The van der Waals surface area contributed by atoms with Gasteiger partial charge in [-0.1, -0.05) is 136 Å². The number of hydrogen-bond acceptors (Lipinski definition) is 6. The summed E-state index contributed by atoms with van der Waals surface area (Å²) in [6.45, 7) is 38.6. The second-order valence-electron chi connectivity index (χ2n) is 16.4. The molecule has 0 N–H and O–H groups in total. The van der Waals surface area contributed by atoms with Crippen LogP contribution in [0.15, 0.2) is 37.2 Å². The summed E-state index contributed by atoms with van der Waals surface area (Å²) in [5.41, 5.74) is -1.56. The summed E-state index contributed by atoms with van der Waals surface area (Å²) in [5.74, 6) is 4.32. The van der Waals surface area contributed by atoms with E-state index >= 15 is 0 Å². The fourth-order valence-corrected chi connectivity index (χ4v) is 2.32. The first-order valence-electron chi connectivity index (χ1n) is 16.1. The van der Waals surface area contributed by atoms with Gasteiger partial charge in [-0.05, 0) is 45.5 Å². The molecule has 0 aliphatic heterocycles. The molecule has 0 aromatic carbocycles. The number of hydrogen-bond donors (Lipinski definition) is 0. The van der Waals surface area contributed by atoms with Crippen molar-refractivity contribution in [3.8, 4) is 11.8 Å². The molecule has 0 aromatic rings. The van der Waals surface area contributed by atoms with Crippen LogP contribution in [-0.2, 0) is 24.0 Å². The lowest BCUT2D eigenvalue weighted by Gasteiger charge is -2.13. The fourth-order valence-electron chi connectivity index (χ4n) is 2.32. The third-order valence-corrected chi connectivity index (χ3v) is 5.68. The average molecular weight is 664 g/mol. The van der Waals surface area contributed by atoms with E-state index in [9.17, 15) is 28.4 Å². The normalized spacial score (nSPS) is 11.3. The third-order valence-electron chi connectivity index (χ3n) is 5.68. The monoisotopic (exact) mass is 664 g/mol. The van der Waals surface area contributed by atoms with E-state index in [1.54, 1.807) is 33.8 Å². The lowest BCUT2D eigenvalue weighted by atomic mass is 9.90. The minimum atomic E-state index is -0.859. The molecule has 0 spiro atoms. The maximum Gasteiger partial charge on any atom is 0.210 e. The SMILES string of the molecule is C=C(F)C(=O)C(C)(C)C.C=CC(=O)C(C)(C)C.CC#CC(=O)C(C)(C)C.CCC(=O)C(C)(C)C.CN(C)CC/C=C/C(=O)C(C)(C)C. The molecule has 0 aliphatic rings. The Hall–Kier alpha value is -2.98. The highest BCUT2D eigenvalue weighted by molar-refractivity contribution is 5.99. The summed E-state index contributed by atoms with van der Waals surface area (Å²) in [6.07, 6.45) is 6.61. The van der Waals surface area contributed by atoms with Crippen molar-refractivity contribution in [1.29, 1.82) is 0 Å². The van der Waals surface area contributed by atoms with Gasteiger partial charge in [0.1, 0.15) is 5.78 Å². The van der Waals surface area contributed by atoms with Crippen LogP contribution in [0.2, 0.25) is 0 Å². The molecule has 0 atom stereocenters. The smallest absolute Gasteiger partial charge is 0.210 e. The van der Waals surface area contributed by atoms with Gasteiger partial charge in [-0.25, -0.2) is 4.39 Å². The Morgan fingerprint density at radius 2 is 1.11 bits per heavy atom. The number of halogens is 1. The minimum Gasteiger partial charge on any atom is -0.309 e. The zero-order valence-electron chi connectivity index (χ0n) is 33.6. The van der Waals surface area contributed by atoms with Gasteiger partial charge in [0.2, 0.25) is 5.78 Å². The Morgan fingerprint density at radius 1 is 0.702 bits per heavy atom. The second kappa shape index (κ2) is 24.2. The van der Waals surface area contributed by atoms with E-state index in [0.717, 1.165) is 13.0 Å². The lowest BCUT2D eigenvalue weighted by molar-refractivity contribution is -0.126. The van der Waals surface area contributed by atoms with Crippen LogP contribution < -0.4 is 0 Å². The number of carbonyl (C=O) groups is 5. The molecule has 0 fully saturated rings. The summed E-state index contributed by atoms with van der Waals surface area (Å²) in [4.78, 5) is 56.6. The molecule has 0 aliphatic carbocycles. The van der Waals surface area contributed by atoms with Crippen LogP contribution in [0.25, 0.3) is 0 Å². The van der Waals surface area contributed by atoms with Crippen molar-refractivity contribution in [2.24, 2.45) is 27.1 Å². The summed E-state index contributed by atoms with van der Waals surface area (Å²) in [6, 6.07) is 0. The molecular formula is C40H70FNO5. The number of ketones is 5. The molecule has 0 heterocycles. The average Bonchev–Trinajstić information content (AvgIpc) is 2.88. The first kappa shape index (κ1) is 53.5. The first-order chi connectivity index (χ1) is 20.6. The van der Waals surface area contributed by atoms with Crippen molar-refractivity contribution in [3.63, 3.8) is 0 Å².